The summed E-state index contributed by atoms with van der Waals surface area (Å²) in [6.07, 6.45) is 3.03. The zero-order valence-electron chi connectivity index (χ0n) is 11.6. The summed E-state index contributed by atoms with van der Waals surface area (Å²) in [7, 11) is 0. The molecule has 94 valence electrons. The highest BCUT2D eigenvalue weighted by Gasteiger charge is 2.32. The van der Waals surface area contributed by atoms with Crippen molar-refractivity contribution in [3.05, 3.63) is 12.7 Å². The van der Waals surface area contributed by atoms with Gasteiger partial charge in [-0.25, -0.2) is 0 Å². The Labute approximate surface area is 100 Å². The number of carbonyl (C=O) groups is 1. The Hall–Kier alpha value is -0.630. The molecule has 0 aromatic rings. The van der Waals surface area contributed by atoms with Crippen molar-refractivity contribution in [2.75, 3.05) is 0 Å². The largest absolute Gasteiger partial charge is 0.365 e. The topological polar surface area (TPSA) is 26.3 Å². The van der Waals surface area contributed by atoms with Crippen molar-refractivity contribution >= 4 is 5.78 Å². The van der Waals surface area contributed by atoms with Gasteiger partial charge in [0.15, 0.2) is 5.78 Å². The molecule has 1 atom stereocenters. The standard InChI is InChI=1S/C14H26O2/c1-8-9-10-11(16-14(5,6)7)12(15)13(2,3)4/h8,11H,1,9-10H2,2-7H3. The van der Waals surface area contributed by atoms with E-state index in [0.717, 1.165) is 12.8 Å². The lowest BCUT2D eigenvalue weighted by Gasteiger charge is -2.30. The smallest absolute Gasteiger partial charge is 0.166 e. The Balaban J connectivity index is 4.67. The summed E-state index contributed by atoms with van der Waals surface area (Å²) >= 11 is 0. The third-order valence-corrected chi connectivity index (χ3v) is 2.16. The van der Waals surface area contributed by atoms with E-state index < -0.39 is 0 Å². The Morgan fingerprint density at radius 2 is 1.75 bits per heavy atom. The monoisotopic (exact) mass is 226 g/mol. The summed E-state index contributed by atoms with van der Waals surface area (Å²) in [5, 5.41) is 0. The molecule has 16 heavy (non-hydrogen) atoms. The first-order valence-electron chi connectivity index (χ1n) is 5.91. The highest BCUT2D eigenvalue weighted by atomic mass is 16.5. The van der Waals surface area contributed by atoms with Gasteiger partial charge in [-0.2, -0.15) is 0 Å². The van der Waals surface area contributed by atoms with Crippen LogP contribution in [0.25, 0.3) is 0 Å². The third kappa shape index (κ3) is 6.06. The third-order valence-electron chi connectivity index (χ3n) is 2.16. The second-order valence-electron chi connectivity index (χ2n) is 6.20. The minimum atomic E-state index is -0.350. The van der Waals surface area contributed by atoms with Crippen LogP contribution in [-0.2, 0) is 9.53 Å². The van der Waals surface area contributed by atoms with E-state index in [-0.39, 0.29) is 22.9 Å². The molecule has 0 aliphatic rings. The lowest BCUT2D eigenvalue weighted by atomic mass is 9.86. The van der Waals surface area contributed by atoms with Crippen molar-refractivity contribution in [3.63, 3.8) is 0 Å². The zero-order chi connectivity index (χ0) is 13.0. The lowest BCUT2D eigenvalue weighted by molar-refractivity contribution is -0.148. The number of ketones is 1. The van der Waals surface area contributed by atoms with Gasteiger partial charge in [0.2, 0.25) is 0 Å². The number of hydrogen-bond acceptors (Lipinski definition) is 2. The Bertz CT molecular complexity index is 240. The molecule has 0 saturated heterocycles. The molecule has 0 aromatic carbocycles. The van der Waals surface area contributed by atoms with Crippen molar-refractivity contribution in [2.45, 2.75) is 66.1 Å². The molecule has 0 N–H and O–H groups in total. The quantitative estimate of drug-likeness (QED) is 0.667. The maximum atomic E-state index is 12.2. The van der Waals surface area contributed by atoms with Crippen LogP contribution in [0, 0.1) is 5.41 Å². The molecular weight excluding hydrogens is 200 g/mol. The van der Waals surface area contributed by atoms with E-state index >= 15 is 0 Å². The molecule has 0 bridgehead atoms. The van der Waals surface area contributed by atoms with Gasteiger partial charge in [0.25, 0.3) is 0 Å². The van der Waals surface area contributed by atoms with Gasteiger partial charge in [-0.05, 0) is 33.6 Å². The first-order chi connectivity index (χ1) is 7.08. The summed E-state index contributed by atoms with van der Waals surface area (Å²) in [6, 6.07) is 0. The molecule has 0 rings (SSSR count). The fraction of sp³-hybridized carbons (Fsp3) is 0.786. The molecule has 2 nitrogen and oxygen atoms in total. The average molecular weight is 226 g/mol. The molecule has 0 radical (unpaired) electrons. The van der Waals surface area contributed by atoms with E-state index in [1.54, 1.807) is 0 Å². The molecule has 0 spiro atoms. The molecule has 0 heterocycles. The summed E-state index contributed by atoms with van der Waals surface area (Å²) in [5.41, 5.74) is -0.635. The zero-order valence-corrected chi connectivity index (χ0v) is 11.6. The molecule has 0 amide bonds. The summed E-state index contributed by atoms with van der Waals surface area (Å²) in [6.45, 7) is 15.4. The fourth-order valence-electron chi connectivity index (χ4n) is 1.42. The molecule has 0 aromatic heterocycles. The molecular formula is C14H26O2. The predicted octanol–water partition coefficient (Wildman–Crippen LogP) is 3.75. The van der Waals surface area contributed by atoms with Gasteiger partial charge < -0.3 is 4.74 Å². The van der Waals surface area contributed by atoms with Crippen molar-refractivity contribution in [1.82, 2.24) is 0 Å². The van der Waals surface area contributed by atoms with E-state index in [1.807, 2.05) is 47.6 Å². The van der Waals surface area contributed by atoms with Crippen LogP contribution in [0.3, 0.4) is 0 Å². The van der Waals surface area contributed by atoms with Crippen LogP contribution in [-0.4, -0.2) is 17.5 Å². The molecule has 1 unspecified atom stereocenters. The van der Waals surface area contributed by atoms with Crippen LogP contribution in [0.1, 0.15) is 54.4 Å². The van der Waals surface area contributed by atoms with Crippen molar-refractivity contribution in [2.24, 2.45) is 5.41 Å². The highest BCUT2D eigenvalue weighted by molar-refractivity contribution is 5.87. The van der Waals surface area contributed by atoms with Gasteiger partial charge in [0.05, 0.1) is 5.60 Å². The van der Waals surface area contributed by atoms with Crippen molar-refractivity contribution < 1.29 is 9.53 Å². The number of hydrogen-bond donors (Lipinski definition) is 0. The average Bonchev–Trinajstić information content (AvgIpc) is 2.07. The predicted molar refractivity (Wildman–Crippen MR) is 68.5 cm³/mol. The van der Waals surface area contributed by atoms with E-state index in [0.29, 0.717) is 0 Å². The normalized spacial score (nSPS) is 14.6. The van der Waals surface area contributed by atoms with Crippen LogP contribution in [0.4, 0.5) is 0 Å². The maximum Gasteiger partial charge on any atom is 0.166 e. The highest BCUT2D eigenvalue weighted by Crippen LogP contribution is 2.24. The maximum absolute atomic E-state index is 12.2. The lowest BCUT2D eigenvalue weighted by Crippen LogP contribution is -2.39. The Kier molecular flexibility index (Phi) is 5.40. The minimum Gasteiger partial charge on any atom is -0.365 e. The van der Waals surface area contributed by atoms with Gasteiger partial charge in [0.1, 0.15) is 6.10 Å². The van der Waals surface area contributed by atoms with Crippen LogP contribution in [0.5, 0.6) is 0 Å². The number of carbonyl (C=O) groups excluding carboxylic acids is 1. The van der Waals surface area contributed by atoms with Crippen molar-refractivity contribution in [1.29, 1.82) is 0 Å². The summed E-state index contributed by atoms with van der Waals surface area (Å²) in [4.78, 5) is 12.2. The van der Waals surface area contributed by atoms with Gasteiger partial charge in [-0.15, -0.1) is 6.58 Å². The van der Waals surface area contributed by atoms with Gasteiger partial charge in [-0.3, -0.25) is 4.79 Å². The SMILES string of the molecule is C=CCCC(OC(C)(C)C)C(=O)C(C)(C)C. The van der Waals surface area contributed by atoms with Gasteiger partial charge >= 0.3 is 0 Å². The van der Waals surface area contributed by atoms with Crippen LogP contribution in [0.2, 0.25) is 0 Å². The number of allylic oxidation sites excluding steroid dienone is 1. The first kappa shape index (κ1) is 15.4. The molecule has 0 aliphatic heterocycles. The number of Topliss-reactive ketones (excluding diaryl/α,β-unsaturated/α-hetero) is 1. The summed E-state index contributed by atoms with van der Waals surface area (Å²) in [5.74, 6) is 0.171. The second-order valence-corrected chi connectivity index (χ2v) is 6.20. The van der Waals surface area contributed by atoms with Crippen molar-refractivity contribution in [3.8, 4) is 0 Å². The first-order valence-corrected chi connectivity index (χ1v) is 5.91. The van der Waals surface area contributed by atoms with Gasteiger partial charge in [-0.1, -0.05) is 26.8 Å². The number of ether oxygens (including phenoxy) is 1. The van der Waals surface area contributed by atoms with E-state index in [1.165, 1.54) is 0 Å². The molecule has 0 fully saturated rings. The fourth-order valence-corrected chi connectivity index (χ4v) is 1.42. The minimum absolute atomic E-state index is 0.171. The number of rotatable bonds is 5. The van der Waals surface area contributed by atoms with E-state index in [2.05, 4.69) is 6.58 Å². The van der Waals surface area contributed by atoms with Gasteiger partial charge in [0, 0.05) is 5.41 Å². The summed E-state index contributed by atoms with van der Waals surface area (Å²) < 4.78 is 5.83. The second kappa shape index (κ2) is 5.62. The van der Waals surface area contributed by atoms with Crippen LogP contribution < -0.4 is 0 Å². The molecule has 0 aliphatic carbocycles. The molecule has 2 heteroatoms. The van der Waals surface area contributed by atoms with E-state index in [9.17, 15) is 4.79 Å². The van der Waals surface area contributed by atoms with E-state index in [4.69, 9.17) is 4.74 Å². The Morgan fingerprint density at radius 3 is 2.06 bits per heavy atom. The molecule has 0 saturated carbocycles. The van der Waals surface area contributed by atoms with Crippen LogP contribution >= 0.6 is 0 Å². The van der Waals surface area contributed by atoms with Crippen LogP contribution in [0.15, 0.2) is 12.7 Å². The Morgan fingerprint density at radius 1 is 1.25 bits per heavy atom.